The van der Waals surface area contributed by atoms with Crippen LogP contribution in [-0.2, 0) is 9.59 Å². The molecule has 0 N–H and O–H groups in total. The van der Waals surface area contributed by atoms with E-state index in [2.05, 4.69) is 31.9 Å². The number of rotatable bonds is 4. The van der Waals surface area contributed by atoms with Crippen LogP contribution in [0.1, 0.15) is 26.7 Å². The quantitative estimate of drug-likeness (QED) is 0.500. The summed E-state index contributed by atoms with van der Waals surface area (Å²) in [5, 5.41) is 19.5. The summed E-state index contributed by atoms with van der Waals surface area (Å²) in [7, 11) is 0. The zero-order valence-corrected chi connectivity index (χ0v) is 13.3. The normalized spacial score (nSPS) is 12.5. The van der Waals surface area contributed by atoms with Gasteiger partial charge in [-0.3, -0.25) is 0 Å². The number of carbonyl (C=O) groups is 2. The van der Waals surface area contributed by atoms with Crippen LogP contribution in [0.25, 0.3) is 0 Å². The second-order valence-corrected chi connectivity index (χ2v) is 4.60. The van der Waals surface area contributed by atoms with Gasteiger partial charge in [-0.15, -0.1) is 0 Å². The number of carboxylic acid groups (broad SMARTS) is 2. The Morgan fingerprint density at radius 1 is 1.00 bits per heavy atom. The monoisotopic (exact) mass is 354 g/mol. The summed E-state index contributed by atoms with van der Waals surface area (Å²) >= 11 is 5.76. The van der Waals surface area contributed by atoms with E-state index in [0.717, 1.165) is 0 Å². The van der Waals surface area contributed by atoms with Crippen molar-refractivity contribution in [1.82, 2.24) is 0 Å². The van der Waals surface area contributed by atoms with Crippen molar-refractivity contribution in [1.29, 1.82) is 0 Å². The second-order valence-electron chi connectivity index (χ2n) is 2.39. The number of hydrogen-bond donors (Lipinski definition) is 0. The van der Waals surface area contributed by atoms with E-state index in [-0.39, 0.29) is 23.1 Å². The molecular formula is C8H12Br2MgO4. The van der Waals surface area contributed by atoms with Gasteiger partial charge < -0.3 is 19.8 Å². The Bertz CT molecular complexity index is 169. The van der Waals surface area contributed by atoms with Crippen LogP contribution in [0.15, 0.2) is 0 Å². The summed E-state index contributed by atoms with van der Waals surface area (Å²) in [5.41, 5.74) is 0. The van der Waals surface area contributed by atoms with Gasteiger partial charge in [0.05, 0.1) is 21.6 Å². The maximum absolute atomic E-state index is 9.77. The number of aliphatic carboxylic acids is 2. The molecule has 0 aliphatic heterocycles. The Morgan fingerprint density at radius 3 is 1.20 bits per heavy atom. The summed E-state index contributed by atoms with van der Waals surface area (Å²) in [6.07, 6.45) is 1.14. The first-order valence-electron chi connectivity index (χ1n) is 4.06. The van der Waals surface area contributed by atoms with Gasteiger partial charge in [0.25, 0.3) is 0 Å². The molecule has 0 aliphatic carbocycles. The van der Waals surface area contributed by atoms with Crippen LogP contribution in [0.4, 0.5) is 0 Å². The summed E-state index contributed by atoms with van der Waals surface area (Å²) in [6, 6.07) is 0. The first kappa shape index (κ1) is 21.0. The number of alkyl halides is 2. The molecule has 0 radical (unpaired) electrons. The Balaban J connectivity index is -0.000000180. The molecule has 0 amide bonds. The third-order valence-corrected chi connectivity index (χ3v) is 3.27. The van der Waals surface area contributed by atoms with Crippen molar-refractivity contribution in [3.63, 3.8) is 0 Å². The number of carbonyl (C=O) groups excluding carboxylic acids is 2. The molecule has 0 saturated heterocycles. The third kappa shape index (κ3) is 14.7. The molecule has 0 aromatic carbocycles. The molecule has 0 bridgehead atoms. The minimum Gasteiger partial charge on any atom is -0.549 e. The Morgan fingerprint density at radius 2 is 1.20 bits per heavy atom. The first-order chi connectivity index (χ1) is 6.36. The fourth-order valence-electron chi connectivity index (χ4n) is 0.333. The van der Waals surface area contributed by atoms with Gasteiger partial charge in [-0.1, -0.05) is 45.7 Å². The van der Waals surface area contributed by atoms with Crippen molar-refractivity contribution in [2.45, 2.75) is 36.3 Å². The molecule has 0 saturated carbocycles. The molecule has 15 heavy (non-hydrogen) atoms. The standard InChI is InChI=1S/2C4H7BrO2.Mg/c2*1-2-3(5)4(6)7;/h2*3H,2H2,1H3,(H,6,7);/q;;+2/p-2. The summed E-state index contributed by atoms with van der Waals surface area (Å²) in [6.45, 7) is 3.55. The molecule has 0 rings (SSSR count). The van der Waals surface area contributed by atoms with Gasteiger partial charge in [-0.2, -0.15) is 0 Å². The predicted molar refractivity (Wildman–Crippen MR) is 61.8 cm³/mol. The maximum atomic E-state index is 9.77. The Hall–Kier alpha value is 0.666. The molecule has 84 valence electrons. The molecular weight excluding hydrogens is 344 g/mol. The van der Waals surface area contributed by atoms with Crippen LogP contribution in [-0.4, -0.2) is 44.6 Å². The van der Waals surface area contributed by atoms with E-state index >= 15 is 0 Å². The van der Waals surface area contributed by atoms with Crippen molar-refractivity contribution in [3.05, 3.63) is 0 Å². The molecule has 0 fully saturated rings. The molecule has 4 nitrogen and oxygen atoms in total. The van der Waals surface area contributed by atoms with Gasteiger partial charge in [0, 0.05) is 0 Å². The van der Waals surface area contributed by atoms with Crippen LogP contribution in [0.3, 0.4) is 0 Å². The number of hydrogen-bond acceptors (Lipinski definition) is 4. The third-order valence-electron chi connectivity index (χ3n) is 1.23. The van der Waals surface area contributed by atoms with Crippen molar-refractivity contribution in [2.75, 3.05) is 0 Å². The smallest absolute Gasteiger partial charge is 0.549 e. The maximum Gasteiger partial charge on any atom is 2.00 e. The fraction of sp³-hybridized carbons (Fsp3) is 0.750. The van der Waals surface area contributed by atoms with Crippen LogP contribution in [0, 0.1) is 0 Å². The first-order valence-corrected chi connectivity index (χ1v) is 5.89. The van der Waals surface area contributed by atoms with E-state index < -0.39 is 21.6 Å². The van der Waals surface area contributed by atoms with Gasteiger partial charge in [0.2, 0.25) is 0 Å². The van der Waals surface area contributed by atoms with Crippen molar-refractivity contribution in [2.24, 2.45) is 0 Å². The van der Waals surface area contributed by atoms with Crippen LogP contribution < -0.4 is 10.2 Å². The predicted octanol–water partition coefficient (Wildman–Crippen LogP) is -0.561. The summed E-state index contributed by atoms with van der Waals surface area (Å²) in [5.74, 6) is -2.08. The zero-order valence-electron chi connectivity index (χ0n) is 8.66. The average Bonchev–Trinajstić information content (AvgIpc) is 2.15. The molecule has 0 aliphatic rings. The molecule has 2 unspecified atom stereocenters. The van der Waals surface area contributed by atoms with E-state index in [0.29, 0.717) is 12.8 Å². The Kier molecular flexibility index (Phi) is 17.8. The average molecular weight is 356 g/mol. The van der Waals surface area contributed by atoms with E-state index in [1.807, 2.05) is 0 Å². The molecule has 2 atom stereocenters. The second kappa shape index (κ2) is 12.7. The Labute approximate surface area is 122 Å². The molecule has 0 aromatic rings. The minimum absolute atomic E-state index is 0. The van der Waals surface area contributed by atoms with Gasteiger partial charge in [-0.25, -0.2) is 0 Å². The minimum atomic E-state index is -1.04. The summed E-state index contributed by atoms with van der Waals surface area (Å²) in [4.78, 5) is 18.6. The number of carboxylic acids is 2. The molecule has 0 heterocycles. The van der Waals surface area contributed by atoms with Crippen LogP contribution in [0.5, 0.6) is 0 Å². The van der Waals surface area contributed by atoms with Crippen molar-refractivity contribution in [3.8, 4) is 0 Å². The summed E-state index contributed by atoms with van der Waals surface area (Å²) < 4.78 is 0. The van der Waals surface area contributed by atoms with Crippen LogP contribution in [0.2, 0.25) is 0 Å². The zero-order chi connectivity index (χ0) is 11.7. The van der Waals surface area contributed by atoms with Crippen molar-refractivity contribution < 1.29 is 19.8 Å². The molecule has 0 aromatic heterocycles. The van der Waals surface area contributed by atoms with E-state index in [1.165, 1.54) is 0 Å². The van der Waals surface area contributed by atoms with E-state index in [9.17, 15) is 19.8 Å². The topological polar surface area (TPSA) is 80.3 Å². The SMILES string of the molecule is CCC(Br)C(=O)[O-].CCC(Br)C(=O)[O-].[Mg+2]. The van der Waals surface area contributed by atoms with Crippen molar-refractivity contribution >= 4 is 66.9 Å². The van der Waals surface area contributed by atoms with Gasteiger partial charge in [-0.05, 0) is 12.8 Å². The van der Waals surface area contributed by atoms with Gasteiger partial charge in [0.15, 0.2) is 0 Å². The molecule has 0 spiro atoms. The molecule has 7 heteroatoms. The number of halogens is 2. The van der Waals surface area contributed by atoms with Crippen LogP contribution >= 0.6 is 31.9 Å². The fourth-order valence-corrected chi connectivity index (χ4v) is 0.333. The van der Waals surface area contributed by atoms with Gasteiger partial charge in [0.1, 0.15) is 0 Å². The van der Waals surface area contributed by atoms with E-state index in [1.54, 1.807) is 13.8 Å². The van der Waals surface area contributed by atoms with E-state index in [4.69, 9.17) is 0 Å². The van der Waals surface area contributed by atoms with Gasteiger partial charge >= 0.3 is 23.1 Å². The largest absolute Gasteiger partial charge is 2.00 e.